The highest BCUT2D eigenvalue weighted by molar-refractivity contribution is 6.29. The fourth-order valence-electron chi connectivity index (χ4n) is 0.726. The molecular formula is C7H7ClN2O2. The number of nitrogens with two attached hydrogens (primary N) is 1. The molecule has 0 aliphatic carbocycles. The van der Waals surface area contributed by atoms with Crippen molar-refractivity contribution in [3.63, 3.8) is 0 Å². The van der Waals surface area contributed by atoms with Gasteiger partial charge in [0.15, 0.2) is 5.69 Å². The largest absolute Gasteiger partial charge is 0.464 e. The van der Waals surface area contributed by atoms with Gasteiger partial charge in [-0.3, -0.25) is 0 Å². The number of methoxy groups -OCH3 is 1. The Balaban J connectivity index is 3.08. The molecule has 0 fully saturated rings. The van der Waals surface area contributed by atoms with Gasteiger partial charge in [-0.1, -0.05) is 11.6 Å². The topological polar surface area (TPSA) is 65.2 Å². The Morgan fingerprint density at radius 3 is 2.83 bits per heavy atom. The summed E-state index contributed by atoms with van der Waals surface area (Å²) >= 11 is 5.55. The Hall–Kier alpha value is -1.29. The van der Waals surface area contributed by atoms with Crippen LogP contribution in [0.3, 0.4) is 0 Å². The van der Waals surface area contributed by atoms with E-state index >= 15 is 0 Å². The van der Waals surface area contributed by atoms with Crippen molar-refractivity contribution in [3.8, 4) is 0 Å². The van der Waals surface area contributed by atoms with Gasteiger partial charge in [0.05, 0.1) is 7.11 Å². The zero-order chi connectivity index (χ0) is 9.14. The maximum Gasteiger partial charge on any atom is 0.356 e. The van der Waals surface area contributed by atoms with Gasteiger partial charge in [0, 0.05) is 5.69 Å². The van der Waals surface area contributed by atoms with Crippen molar-refractivity contribution in [3.05, 3.63) is 23.0 Å². The summed E-state index contributed by atoms with van der Waals surface area (Å²) in [7, 11) is 1.26. The van der Waals surface area contributed by atoms with E-state index in [0.717, 1.165) is 0 Å². The molecule has 0 radical (unpaired) electrons. The fraction of sp³-hybridized carbons (Fsp3) is 0.143. The number of aromatic nitrogens is 1. The van der Waals surface area contributed by atoms with Crippen LogP contribution in [-0.2, 0) is 4.74 Å². The zero-order valence-corrected chi connectivity index (χ0v) is 7.13. The Labute approximate surface area is 74.3 Å². The van der Waals surface area contributed by atoms with E-state index in [4.69, 9.17) is 17.3 Å². The van der Waals surface area contributed by atoms with Crippen molar-refractivity contribution in [1.29, 1.82) is 0 Å². The summed E-state index contributed by atoms with van der Waals surface area (Å²) in [5.41, 5.74) is 5.92. The van der Waals surface area contributed by atoms with Gasteiger partial charge in [-0.15, -0.1) is 0 Å². The monoisotopic (exact) mass is 186 g/mol. The van der Waals surface area contributed by atoms with Crippen LogP contribution in [0.5, 0.6) is 0 Å². The summed E-state index contributed by atoms with van der Waals surface area (Å²) in [6, 6.07) is 2.85. The smallest absolute Gasteiger partial charge is 0.356 e. The standard InChI is InChI=1S/C7H7ClN2O2/c1-12-7(11)5-2-4(9)3-6(8)10-5/h2-3H,1H3,(H2,9,10). The Bertz CT molecular complexity index is 294. The molecule has 0 unspecified atom stereocenters. The summed E-state index contributed by atoms with van der Waals surface area (Å²) in [5.74, 6) is -0.552. The summed E-state index contributed by atoms with van der Waals surface area (Å²) in [5, 5.41) is 0.176. The number of nitrogens with zero attached hydrogens (tertiary/aromatic N) is 1. The molecule has 0 aliphatic heterocycles. The number of carbonyl (C=O) groups is 1. The minimum absolute atomic E-state index is 0.113. The van der Waals surface area contributed by atoms with E-state index in [9.17, 15) is 4.79 Å². The minimum atomic E-state index is -0.552. The van der Waals surface area contributed by atoms with Gasteiger partial charge in [-0.05, 0) is 12.1 Å². The van der Waals surface area contributed by atoms with E-state index in [1.807, 2.05) is 0 Å². The van der Waals surface area contributed by atoms with Gasteiger partial charge in [0.2, 0.25) is 0 Å². The highest BCUT2D eigenvalue weighted by Gasteiger charge is 2.08. The maximum absolute atomic E-state index is 10.9. The Morgan fingerprint density at radius 2 is 2.33 bits per heavy atom. The minimum Gasteiger partial charge on any atom is -0.464 e. The summed E-state index contributed by atoms with van der Waals surface area (Å²) in [6.07, 6.45) is 0. The first-order valence-electron chi connectivity index (χ1n) is 3.15. The summed E-state index contributed by atoms with van der Waals surface area (Å²) in [4.78, 5) is 14.6. The van der Waals surface area contributed by atoms with Crippen molar-refractivity contribution in [1.82, 2.24) is 4.98 Å². The fourth-order valence-corrected chi connectivity index (χ4v) is 0.943. The van der Waals surface area contributed by atoms with E-state index < -0.39 is 5.97 Å². The van der Waals surface area contributed by atoms with Gasteiger partial charge in [0.1, 0.15) is 5.15 Å². The molecule has 64 valence electrons. The van der Waals surface area contributed by atoms with E-state index in [1.165, 1.54) is 19.2 Å². The summed E-state index contributed by atoms with van der Waals surface area (Å²) < 4.78 is 4.43. The number of halogens is 1. The lowest BCUT2D eigenvalue weighted by Gasteiger charge is -1.99. The quantitative estimate of drug-likeness (QED) is 0.527. The van der Waals surface area contributed by atoms with Crippen molar-refractivity contribution >= 4 is 23.3 Å². The molecule has 1 rings (SSSR count). The van der Waals surface area contributed by atoms with Crippen molar-refractivity contribution in [2.75, 3.05) is 12.8 Å². The number of hydrogen-bond donors (Lipinski definition) is 1. The first-order chi connectivity index (χ1) is 5.63. The van der Waals surface area contributed by atoms with Crippen molar-refractivity contribution in [2.24, 2.45) is 0 Å². The molecule has 12 heavy (non-hydrogen) atoms. The number of hydrogen-bond acceptors (Lipinski definition) is 4. The predicted molar refractivity (Wildman–Crippen MR) is 45.0 cm³/mol. The molecule has 0 saturated heterocycles. The highest BCUT2D eigenvalue weighted by Crippen LogP contribution is 2.12. The van der Waals surface area contributed by atoms with Crippen LogP contribution in [0.1, 0.15) is 10.5 Å². The highest BCUT2D eigenvalue weighted by atomic mass is 35.5. The van der Waals surface area contributed by atoms with Crippen LogP contribution in [0.25, 0.3) is 0 Å². The van der Waals surface area contributed by atoms with Crippen LogP contribution in [0.2, 0.25) is 5.15 Å². The van der Waals surface area contributed by atoms with Gasteiger partial charge >= 0.3 is 5.97 Å². The normalized spacial score (nSPS) is 9.50. The van der Waals surface area contributed by atoms with Crippen molar-refractivity contribution < 1.29 is 9.53 Å². The van der Waals surface area contributed by atoms with E-state index in [-0.39, 0.29) is 10.8 Å². The lowest BCUT2D eigenvalue weighted by Crippen LogP contribution is -2.05. The molecule has 0 bridgehead atoms. The average Bonchev–Trinajstić information content (AvgIpc) is 2.01. The van der Waals surface area contributed by atoms with E-state index in [1.54, 1.807) is 0 Å². The van der Waals surface area contributed by atoms with E-state index in [2.05, 4.69) is 9.72 Å². The van der Waals surface area contributed by atoms with Crippen LogP contribution in [-0.4, -0.2) is 18.1 Å². The van der Waals surface area contributed by atoms with Gasteiger partial charge in [-0.2, -0.15) is 0 Å². The third-order valence-electron chi connectivity index (χ3n) is 1.21. The van der Waals surface area contributed by atoms with Gasteiger partial charge < -0.3 is 10.5 Å². The molecule has 2 N–H and O–H groups in total. The number of carbonyl (C=O) groups excluding carboxylic acids is 1. The number of rotatable bonds is 1. The van der Waals surface area contributed by atoms with Crippen LogP contribution in [0, 0.1) is 0 Å². The molecule has 0 saturated carbocycles. The molecule has 4 nitrogen and oxygen atoms in total. The second-order valence-electron chi connectivity index (χ2n) is 2.10. The molecule has 0 atom stereocenters. The Kier molecular flexibility index (Phi) is 2.50. The molecular weight excluding hydrogens is 180 g/mol. The number of nitrogen functional groups attached to an aromatic ring is 1. The lowest BCUT2D eigenvalue weighted by atomic mass is 10.3. The third-order valence-corrected chi connectivity index (χ3v) is 1.40. The first-order valence-corrected chi connectivity index (χ1v) is 3.52. The molecule has 1 heterocycles. The molecule has 1 aromatic heterocycles. The van der Waals surface area contributed by atoms with Crippen LogP contribution < -0.4 is 5.73 Å². The average molecular weight is 187 g/mol. The number of anilines is 1. The molecule has 5 heteroatoms. The van der Waals surface area contributed by atoms with Gasteiger partial charge in [0.25, 0.3) is 0 Å². The number of pyridine rings is 1. The van der Waals surface area contributed by atoms with Crippen LogP contribution in [0.4, 0.5) is 5.69 Å². The zero-order valence-electron chi connectivity index (χ0n) is 6.37. The van der Waals surface area contributed by atoms with E-state index in [0.29, 0.717) is 5.69 Å². The van der Waals surface area contributed by atoms with Crippen LogP contribution >= 0.6 is 11.6 Å². The molecule has 1 aromatic rings. The second-order valence-corrected chi connectivity index (χ2v) is 2.49. The number of ether oxygens (including phenoxy) is 1. The second kappa shape index (κ2) is 3.40. The van der Waals surface area contributed by atoms with Crippen LogP contribution in [0.15, 0.2) is 12.1 Å². The number of esters is 1. The van der Waals surface area contributed by atoms with Gasteiger partial charge in [-0.25, -0.2) is 9.78 Å². The Morgan fingerprint density at radius 1 is 1.67 bits per heavy atom. The molecule has 0 aromatic carbocycles. The SMILES string of the molecule is COC(=O)c1cc(N)cc(Cl)n1. The predicted octanol–water partition coefficient (Wildman–Crippen LogP) is 1.10. The first kappa shape index (κ1) is 8.80. The molecule has 0 amide bonds. The molecule has 0 spiro atoms. The van der Waals surface area contributed by atoms with Crippen molar-refractivity contribution in [2.45, 2.75) is 0 Å². The molecule has 0 aliphatic rings. The lowest BCUT2D eigenvalue weighted by molar-refractivity contribution is 0.0594. The summed E-state index contributed by atoms with van der Waals surface area (Å²) in [6.45, 7) is 0. The third kappa shape index (κ3) is 1.85. The maximum atomic E-state index is 10.9.